The molecule has 94 valence electrons. The van der Waals surface area contributed by atoms with Crippen LogP contribution in [0.5, 0.6) is 0 Å². The van der Waals surface area contributed by atoms with E-state index in [2.05, 4.69) is 24.1 Å². The van der Waals surface area contributed by atoms with Crippen LogP contribution in [-0.4, -0.2) is 18.7 Å². The van der Waals surface area contributed by atoms with Crippen LogP contribution in [0.2, 0.25) is 0 Å². The van der Waals surface area contributed by atoms with E-state index in [1.165, 1.54) is 37.8 Å². The molecule has 1 aliphatic carbocycles. The molecule has 1 fully saturated rings. The molecule has 0 spiro atoms. The first-order valence-electron chi connectivity index (χ1n) is 6.70. The van der Waals surface area contributed by atoms with Gasteiger partial charge in [0.25, 0.3) is 0 Å². The van der Waals surface area contributed by atoms with Gasteiger partial charge in [0.1, 0.15) is 0 Å². The van der Waals surface area contributed by atoms with Crippen molar-refractivity contribution in [1.29, 1.82) is 0 Å². The van der Waals surface area contributed by atoms with Gasteiger partial charge in [-0.05, 0) is 30.0 Å². The second kappa shape index (κ2) is 6.06. The van der Waals surface area contributed by atoms with Crippen LogP contribution < -0.4 is 4.90 Å². The van der Waals surface area contributed by atoms with E-state index in [1.54, 1.807) is 0 Å². The van der Waals surface area contributed by atoms with Gasteiger partial charge in [0.05, 0.1) is 6.61 Å². The van der Waals surface area contributed by atoms with Gasteiger partial charge in [-0.1, -0.05) is 37.8 Å². The summed E-state index contributed by atoms with van der Waals surface area (Å²) in [6.45, 7) is 1.25. The molecule has 0 heterocycles. The largest absolute Gasteiger partial charge is 0.392 e. The second-order valence-corrected chi connectivity index (χ2v) is 5.19. The highest BCUT2D eigenvalue weighted by Crippen LogP contribution is 2.28. The van der Waals surface area contributed by atoms with E-state index in [0.29, 0.717) is 0 Å². The molecule has 0 aliphatic heterocycles. The van der Waals surface area contributed by atoms with Crippen LogP contribution in [0.1, 0.15) is 37.7 Å². The minimum absolute atomic E-state index is 0.129. The minimum atomic E-state index is 0.129. The Hall–Kier alpha value is -1.02. The van der Waals surface area contributed by atoms with Crippen molar-refractivity contribution in [3.63, 3.8) is 0 Å². The zero-order chi connectivity index (χ0) is 12.1. The maximum absolute atomic E-state index is 9.13. The van der Waals surface area contributed by atoms with E-state index >= 15 is 0 Å². The SMILES string of the molecule is CN(CCC1CCCC1)c1cccc(CO)c1. The number of rotatable bonds is 5. The molecular weight excluding hydrogens is 210 g/mol. The van der Waals surface area contributed by atoms with E-state index in [9.17, 15) is 0 Å². The molecule has 2 heteroatoms. The first-order valence-corrected chi connectivity index (χ1v) is 6.70. The smallest absolute Gasteiger partial charge is 0.0682 e. The summed E-state index contributed by atoms with van der Waals surface area (Å²) in [7, 11) is 2.14. The quantitative estimate of drug-likeness (QED) is 0.844. The summed E-state index contributed by atoms with van der Waals surface area (Å²) in [5.41, 5.74) is 2.21. The summed E-state index contributed by atoms with van der Waals surface area (Å²) in [5.74, 6) is 0.943. The molecule has 0 unspecified atom stereocenters. The molecule has 0 aromatic heterocycles. The molecule has 1 N–H and O–H groups in total. The number of aliphatic hydroxyl groups is 1. The van der Waals surface area contributed by atoms with Crippen LogP contribution in [-0.2, 0) is 6.61 Å². The van der Waals surface area contributed by atoms with Gasteiger partial charge in [-0.25, -0.2) is 0 Å². The molecule has 2 nitrogen and oxygen atoms in total. The van der Waals surface area contributed by atoms with E-state index < -0.39 is 0 Å². The van der Waals surface area contributed by atoms with Crippen molar-refractivity contribution in [2.75, 3.05) is 18.5 Å². The maximum atomic E-state index is 9.13. The average molecular weight is 233 g/mol. The molecule has 0 amide bonds. The van der Waals surface area contributed by atoms with Crippen LogP contribution in [0, 0.1) is 5.92 Å². The first kappa shape index (κ1) is 12.4. The summed E-state index contributed by atoms with van der Waals surface area (Å²) in [6, 6.07) is 8.18. The maximum Gasteiger partial charge on any atom is 0.0682 e. The zero-order valence-corrected chi connectivity index (χ0v) is 10.7. The fourth-order valence-electron chi connectivity index (χ4n) is 2.70. The number of hydrogen-bond donors (Lipinski definition) is 1. The summed E-state index contributed by atoms with van der Waals surface area (Å²) >= 11 is 0. The van der Waals surface area contributed by atoms with E-state index in [4.69, 9.17) is 5.11 Å². The molecule has 0 atom stereocenters. The lowest BCUT2D eigenvalue weighted by Gasteiger charge is -2.21. The van der Waals surface area contributed by atoms with Gasteiger partial charge < -0.3 is 10.0 Å². The van der Waals surface area contributed by atoms with Gasteiger partial charge in [0.2, 0.25) is 0 Å². The third-order valence-corrected chi connectivity index (χ3v) is 3.88. The van der Waals surface area contributed by atoms with Crippen LogP contribution >= 0.6 is 0 Å². The molecule has 0 radical (unpaired) electrons. The molecular formula is C15H23NO. The highest BCUT2D eigenvalue weighted by atomic mass is 16.3. The van der Waals surface area contributed by atoms with Crippen LogP contribution in [0.3, 0.4) is 0 Å². The highest BCUT2D eigenvalue weighted by molar-refractivity contribution is 5.47. The lowest BCUT2D eigenvalue weighted by Crippen LogP contribution is -2.20. The summed E-state index contributed by atoms with van der Waals surface area (Å²) < 4.78 is 0. The Morgan fingerprint density at radius 3 is 2.76 bits per heavy atom. The zero-order valence-electron chi connectivity index (χ0n) is 10.7. The molecule has 1 saturated carbocycles. The molecule has 1 aliphatic rings. The van der Waals surface area contributed by atoms with Crippen molar-refractivity contribution < 1.29 is 5.11 Å². The Morgan fingerprint density at radius 1 is 1.29 bits per heavy atom. The van der Waals surface area contributed by atoms with Gasteiger partial charge in [0, 0.05) is 19.3 Å². The molecule has 0 saturated heterocycles. The molecule has 0 bridgehead atoms. The Kier molecular flexibility index (Phi) is 4.43. The molecule has 2 rings (SSSR count). The topological polar surface area (TPSA) is 23.5 Å². The van der Waals surface area contributed by atoms with E-state index in [-0.39, 0.29) is 6.61 Å². The summed E-state index contributed by atoms with van der Waals surface area (Å²) in [4.78, 5) is 2.30. The fraction of sp³-hybridized carbons (Fsp3) is 0.600. The number of benzene rings is 1. The average Bonchev–Trinajstić information content (AvgIpc) is 2.89. The van der Waals surface area contributed by atoms with Crippen molar-refractivity contribution in [2.24, 2.45) is 5.92 Å². The molecule has 1 aromatic rings. The number of hydrogen-bond acceptors (Lipinski definition) is 2. The Labute approximate surface area is 104 Å². The summed E-state index contributed by atoms with van der Waals surface area (Å²) in [6.07, 6.45) is 7.00. The van der Waals surface area contributed by atoms with Crippen molar-refractivity contribution >= 4 is 5.69 Å². The third kappa shape index (κ3) is 3.47. The van der Waals surface area contributed by atoms with Crippen LogP contribution in [0.15, 0.2) is 24.3 Å². The highest BCUT2D eigenvalue weighted by Gasteiger charge is 2.15. The standard InChI is InChI=1S/C15H23NO/c1-16(10-9-13-5-2-3-6-13)15-8-4-7-14(11-15)12-17/h4,7-8,11,13,17H,2-3,5-6,9-10,12H2,1H3. The number of anilines is 1. The van der Waals surface area contributed by atoms with Crippen LogP contribution in [0.4, 0.5) is 5.69 Å². The van der Waals surface area contributed by atoms with Crippen molar-refractivity contribution in [1.82, 2.24) is 0 Å². The monoisotopic (exact) mass is 233 g/mol. The second-order valence-electron chi connectivity index (χ2n) is 5.19. The lowest BCUT2D eigenvalue weighted by atomic mass is 10.0. The Morgan fingerprint density at radius 2 is 2.06 bits per heavy atom. The van der Waals surface area contributed by atoms with Gasteiger partial charge in [-0.3, -0.25) is 0 Å². The minimum Gasteiger partial charge on any atom is -0.392 e. The van der Waals surface area contributed by atoms with Gasteiger partial charge in [0.15, 0.2) is 0 Å². The normalized spacial score (nSPS) is 16.4. The van der Waals surface area contributed by atoms with E-state index in [1.807, 2.05) is 12.1 Å². The van der Waals surface area contributed by atoms with E-state index in [0.717, 1.165) is 18.0 Å². The predicted octanol–water partition coefficient (Wildman–Crippen LogP) is 3.20. The Balaban J connectivity index is 1.87. The van der Waals surface area contributed by atoms with Crippen molar-refractivity contribution in [2.45, 2.75) is 38.7 Å². The molecule has 1 aromatic carbocycles. The fourth-order valence-corrected chi connectivity index (χ4v) is 2.70. The van der Waals surface area contributed by atoms with Crippen molar-refractivity contribution in [3.05, 3.63) is 29.8 Å². The lowest BCUT2D eigenvalue weighted by molar-refractivity contribution is 0.282. The predicted molar refractivity (Wildman–Crippen MR) is 72.2 cm³/mol. The first-order chi connectivity index (χ1) is 8.29. The third-order valence-electron chi connectivity index (χ3n) is 3.88. The van der Waals surface area contributed by atoms with Crippen molar-refractivity contribution in [3.8, 4) is 0 Å². The number of aliphatic hydroxyl groups excluding tert-OH is 1. The summed E-state index contributed by atoms with van der Waals surface area (Å²) in [5, 5.41) is 9.13. The number of nitrogens with zero attached hydrogens (tertiary/aromatic N) is 1. The van der Waals surface area contributed by atoms with Gasteiger partial charge in [-0.15, -0.1) is 0 Å². The van der Waals surface area contributed by atoms with Gasteiger partial charge in [-0.2, -0.15) is 0 Å². The van der Waals surface area contributed by atoms with Crippen LogP contribution in [0.25, 0.3) is 0 Å². The molecule has 17 heavy (non-hydrogen) atoms. The Bertz CT molecular complexity index is 345. The van der Waals surface area contributed by atoms with Gasteiger partial charge >= 0.3 is 0 Å².